The van der Waals surface area contributed by atoms with Crippen LogP contribution in [0.2, 0.25) is 0 Å². The maximum atomic E-state index is 15.5. The van der Waals surface area contributed by atoms with Crippen LogP contribution in [-0.2, 0) is 16.0 Å². The lowest BCUT2D eigenvalue weighted by Crippen LogP contribution is -2.47. The molecule has 2 aromatic rings. The molecule has 0 saturated carbocycles. The Hall–Kier alpha value is -2.92. The zero-order valence-corrected chi connectivity index (χ0v) is 21.6. The second-order valence-electron chi connectivity index (χ2n) is 8.68. The summed E-state index contributed by atoms with van der Waals surface area (Å²) in [6.45, 7) is 9.10. The van der Waals surface area contributed by atoms with Crippen LogP contribution >= 0.6 is 11.8 Å². The van der Waals surface area contributed by atoms with Gasteiger partial charge in [0.25, 0.3) is 0 Å². The SMILES string of the molecule is CCOC(=O)CCN1CCN(c2nc(C)nc(NC3NC(c4cc(F)cc(CC)c4)=CS3)c2F)CC1. The van der Waals surface area contributed by atoms with E-state index in [4.69, 9.17) is 4.74 Å². The van der Waals surface area contributed by atoms with Crippen molar-refractivity contribution in [1.82, 2.24) is 20.2 Å². The molecular formula is C25H32F2N6O2S. The van der Waals surface area contributed by atoms with Crippen molar-refractivity contribution >= 4 is 35.1 Å². The van der Waals surface area contributed by atoms with E-state index in [0.29, 0.717) is 51.6 Å². The fourth-order valence-corrected chi connectivity index (χ4v) is 5.07. The summed E-state index contributed by atoms with van der Waals surface area (Å²) in [4.78, 5) is 24.4. The summed E-state index contributed by atoms with van der Waals surface area (Å²) in [6.07, 6.45) is 1.08. The molecule has 2 N–H and O–H groups in total. The minimum Gasteiger partial charge on any atom is -0.466 e. The Morgan fingerprint density at radius 2 is 1.97 bits per heavy atom. The van der Waals surface area contributed by atoms with Crippen molar-refractivity contribution < 1.29 is 18.3 Å². The molecule has 0 amide bonds. The fourth-order valence-electron chi connectivity index (χ4n) is 4.22. The number of halogens is 2. The summed E-state index contributed by atoms with van der Waals surface area (Å²) in [5.41, 5.74) is 2.09. The van der Waals surface area contributed by atoms with E-state index < -0.39 is 5.82 Å². The molecule has 8 nitrogen and oxygen atoms in total. The Balaban J connectivity index is 1.37. The number of rotatable bonds is 9. The predicted octanol–water partition coefficient (Wildman–Crippen LogP) is 3.73. The van der Waals surface area contributed by atoms with E-state index in [1.54, 1.807) is 13.8 Å². The van der Waals surface area contributed by atoms with Gasteiger partial charge >= 0.3 is 5.97 Å². The first-order valence-electron chi connectivity index (χ1n) is 12.2. The first-order chi connectivity index (χ1) is 17.4. The summed E-state index contributed by atoms with van der Waals surface area (Å²) in [5.74, 6) is -0.133. The first-order valence-corrected chi connectivity index (χ1v) is 13.2. The molecule has 3 heterocycles. The molecule has 2 aliphatic rings. The largest absolute Gasteiger partial charge is 0.466 e. The molecule has 4 rings (SSSR count). The Bertz CT molecular complexity index is 1120. The first kappa shape index (κ1) is 26.2. The molecule has 194 valence electrons. The summed E-state index contributed by atoms with van der Waals surface area (Å²) in [7, 11) is 0. The van der Waals surface area contributed by atoms with Gasteiger partial charge in [-0.25, -0.2) is 14.4 Å². The number of aromatic nitrogens is 2. The zero-order chi connectivity index (χ0) is 25.7. The number of piperazine rings is 1. The number of benzene rings is 1. The third-order valence-corrected chi connectivity index (χ3v) is 6.99. The smallest absolute Gasteiger partial charge is 0.307 e. The minimum absolute atomic E-state index is 0.121. The Morgan fingerprint density at radius 3 is 2.69 bits per heavy atom. The number of thioether (sulfide) groups is 1. The van der Waals surface area contributed by atoms with Crippen molar-refractivity contribution in [3.05, 3.63) is 52.2 Å². The lowest BCUT2D eigenvalue weighted by molar-refractivity contribution is -0.143. The van der Waals surface area contributed by atoms with Crippen LogP contribution in [0, 0.1) is 18.6 Å². The fraction of sp³-hybridized carbons (Fsp3) is 0.480. The van der Waals surface area contributed by atoms with Gasteiger partial charge in [0.15, 0.2) is 17.1 Å². The molecule has 2 aliphatic heterocycles. The number of carbonyl (C=O) groups excluding carboxylic acids is 1. The number of anilines is 2. The van der Waals surface area contributed by atoms with E-state index in [9.17, 15) is 9.18 Å². The van der Waals surface area contributed by atoms with E-state index >= 15 is 4.39 Å². The van der Waals surface area contributed by atoms with Crippen LogP contribution in [0.4, 0.5) is 20.4 Å². The molecule has 11 heteroatoms. The average Bonchev–Trinajstić information content (AvgIpc) is 3.33. The van der Waals surface area contributed by atoms with E-state index in [2.05, 4.69) is 25.5 Å². The molecule has 1 aromatic carbocycles. The maximum Gasteiger partial charge on any atom is 0.307 e. The summed E-state index contributed by atoms with van der Waals surface area (Å²) in [6, 6.07) is 4.97. The van der Waals surface area contributed by atoms with Crippen LogP contribution in [0.1, 0.15) is 37.2 Å². The number of hydrogen-bond donors (Lipinski definition) is 2. The van der Waals surface area contributed by atoms with Gasteiger partial charge in [-0.05, 0) is 49.4 Å². The van der Waals surface area contributed by atoms with Crippen LogP contribution in [-0.4, -0.2) is 65.7 Å². The molecule has 36 heavy (non-hydrogen) atoms. The van der Waals surface area contributed by atoms with Gasteiger partial charge in [0.05, 0.1) is 18.7 Å². The van der Waals surface area contributed by atoms with Gasteiger partial charge in [-0.2, -0.15) is 4.39 Å². The highest BCUT2D eigenvalue weighted by Crippen LogP contribution is 2.31. The molecule has 1 atom stereocenters. The van der Waals surface area contributed by atoms with Gasteiger partial charge in [0.2, 0.25) is 5.82 Å². The van der Waals surface area contributed by atoms with E-state index in [0.717, 1.165) is 23.2 Å². The van der Waals surface area contributed by atoms with Gasteiger partial charge in [0.1, 0.15) is 11.6 Å². The Labute approximate surface area is 214 Å². The van der Waals surface area contributed by atoms with Crippen molar-refractivity contribution in [1.29, 1.82) is 0 Å². The highest BCUT2D eigenvalue weighted by molar-refractivity contribution is 8.03. The minimum atomic E-state index is -0.504. The molecule has 0 bridgehead atoms. The summed E-state index contributed by atoms with van der Waals surface area (Å²) in [5, 5.41) is 8.29. The lowest BCUT2D eigenvalue weighted by atomic mass is 10.1. The summed E-state index contributed by atoms with van der Waals surface area (Å²) >= 11 is 1.44. The van der Waals surface area contributed by atoms with Crippen LogP contribution in [0.25, 0.3) is 5.70 Å². The molecular weight excluding hydrogens is 486 g/mol. The molecule has 0 aliphatic carbocycles. The van der Waals surface area contributed by atoms with Crippen molar-refractivity contribution in [2.75, 3.05) is 49.5 Å². The van der Waals surface area contributed by atoms with Gasteiger partial charge in [-0.1, -0.05) is 18.7 Å². The lowest BCUT2D eigenvalue weighted by Gasteiger charge is -2.35. The quantitative estimate of drug-likeness (QED) is 0.483. The molecule has 1 aromatic heterocycles. The van der Waals surface area contributed by atoms with E-state index in [-0.39, 0.29) is 28.9 Å². The third kappa shape index (κ3) is 6.44. The highest BCUT2D eigenvalue weighted by atomic mass is 32.2. The number of esters is 1. The van der Waals surface area contributed by atoms with Crippen LogP contribution in [0.5, 0.6) is 0 Å². The van der Waals surface area contributed by atoms with Gasteiger partial charge in [0, 0.05) is 38.3 Å². The second kappa shape index (κ2) is 11.9. The average molecular weight is 519 g/mol. The molecule has 1 saturated heterocycles. The van der Waals surface area contributed by atoms with E-state index in [1.165, 1.54) is 23.9 Å². The molecule has 0 radical (unpaired) electrons. The maximum absolute atomic E-state index is 15.5. The van der Waals surface area contributed by atoms with Gasteiger partial charge in [-0.3, -0.25) is 9.69 Å². The zero-order valence-electron chi connectivity index (χ0n) is 20.8. The number of ether oxygens (including phenoxy) is 1. The second-order valence-corrected chi connectivity index (χ2v) is 9.66. The van der Waals surface area contributed by atoms with Gasteiger partial charge < -0.3 is 20.3 Å². The van der Waals surface area contributed by atoms with Crippen molar-refractivity contribution in [2.45, 2.75) is 39.1 Å². The number of hydrogen-bond acceptors (Lipinski definition) is 9. The Kier molecular flexibility index (Phi) is 8.63. The molecule has 1 unspecified atom stereocenters. The topological polar surface area (TPSA) is 82.6 Å². The third-order valence-electron chi connectivity index (χ3n) is 6.11. The van der Waals surface area contributed by atoms with E-state index in [1.807, 2.05) is 23.3 Å². The van der Waals surface area contributed by atoms with Crippen molar-refractivity contribution in [3.63, 3.8) is 0 Å². The normalized spacial score (nSPS) is 18.1. The number of aryl methyl sites for hydroxylation is 2. The van der Waals surface area contributed by atoms with Crippen LogP contribution in [0.15, 0.2) is 23.6 Å². The van der Waals surface area contributed by atoms with Crippen molar-refractivity contribution in [2.24, 2.45) is 0 Å². The predicted molar refractivity (Wildman–Crippen MR) is 139 cm³/mol. The summed E-state index contributed by atoms with van der Waals surface area (Å²) < 4.78 is 34.5. The monoisotopic (exact) mass is 518 g/mol. The molecule has 0 spiro atoms. The standard InChI is InChI=1S/C25H32F2N6O2S/c1-4-17-12-18(14-19(26)13-17)20-15-36-25(30-20)31-23-22(27)24(29-16(3)28-23)33-10-8-32(9-11-33)7-6-21(34)35-5-2/h12-15,25,30H,4-11H2,1-3H3,(H,28,29,31). The van der Waals surface area contributed by atoms with Crippen molar-refractivity contribution in [3.8, 4) is 0 Å². The van der Waals surface area contributed by atoms with Crippen LogP contribution < -0.4 is 15.5 Å². The number of nitrogens with zero attached hydrogens (tertiary/aromatic N) is 4. The molecule has 1 fully saturated rings. The Morgan fingerprint density at radius 1 is 1.19 bits per heavy atom. The number of carbonyl (C=O) groups is 1. The van der Waals surface area contributed by atoms with Gasteiger partial charge in [-0.15, -0.1) is 0 Å². The highest BCUT2D eigenvalue weighted by Gasteiger charge is 2.26. The van der Waals surface area contributed by atoms with Crippen LogP contribution in [0.3, 0.4) is 0 Å². The number of nitrogens with one attached hydrogen (secondary N) is 2.